The minimum absolute atomic E-state index is 0.190. The molecular weight excluding hydrogens is 204 g/mol. The van der Waals surface area contributed by atoms with Gasteiger partial charge in [-0.05, 0) is 31.3 Å². The highest BCUT2D eigenvalue weighted by atomic mass is 32.1. The van der Waals surface area contributed by atoms with Crippen molar-refractivity contribution in [1.82, 2.24) is 4.90 Å². The lowest BCUT2D eigenvalue weighted by molar-refractivity contribution is 0.232. The minimum Gasteiger partial charge on any atom is -0.322 e. The number of hydrogen-bond acceptors (Lipinski definition) is 3. The number of likely N-dealkylation sites (N-methyl/N-ethyl adjacent to an activating group) is 1. The van der Waals surface area contributed by atoms with E-state index in [9.17, 15) is 0 Å². The lowest BCUT2D eigenvalue weighted by atomic mass is 10.2. The molecule has 2 N–H and O–H groups in total. The van der Waals surface area contributed by atoms with Crippen molar-refractivity contribution in [3.05, 3.63) is 22.4 Å². The lowest BCUT2D eigenvalue weighted by Crippen LogP contribution is -2.35. The van der Waals surface area contributed by atoms with E-state index < -0.39 is 0 Å². The van der Waals surface area contributed by atoms with Gasteiger partial charge in [-0.2, -0.15) is 0 Å². The van der Waals surface area contributed by atoms with Crippen LogP contribution in [-0.4, -0.2) is 24.5 Å². The zero-order chi connectivity index (χ0) is 10.7. The molecule has 1 unspecified atom stereocenters. The molecule has 84 valence electrons. The van der Waals surface area contributed by atoms with Gasteiger partial charge >= 0.3 is 0 Å². The Hall–Kier alpha value is -0.380. The van der Waals surface area contributed by atoms with E-state index in [1.165, 1.54) is 30.6 Å². The third kappa shape index (κ3) is 2.80. The van der Waals surface area contributed by atoms with Gasteiger partial charge in [0.25, 0.3) is 0 Å². The second-order valence-corrected chi connectivity index (χ2v) is 5.48. The first-order valence-corrected chi connectivity index (χ1v) is 6.64. The second-order valence-electron chi connectivity index (χ2n) is 4.50. The first kappa shape index (κ1) is 11.1. The normalized spacial score (nSPS) is 19.9. The van der Waals surface area contributed by atoms with E-state index in [0.29, 0.717) is 0 Å². The summed E-state index contributed by atoms with van der Waals surface area (Å²) in [6, 6.07) is 5.18. The number of rotatable bonds is 4. The van der Waals surface area contributed by atoms with Gasteiger partial charge in [0.15, 0.2) is 0 Å². The molecule has 0 aliphatic heterocycles. The van der Waals surface area contributed by atoms with Crippen LogP contribution in [0.15, 0.2) is 17.5 Å². The zero-order valence-corrected chi connectivity index (χ0v) is 10.2. The van der Waals surface area contributed by atoms with Gasteiger partial charge < -0.3 is 10.6 Å². The molecule has 1 aromatic rings. The molecule has 1 fully saturated rings. The Bertz CT molecular complexity index is 278. The van der Waals surface area contributed by atoms with Gasteiger partial charge in [-0.15, -0.1) is 11.3 Å². The summed E-state index contributed by atoms with van der Waals surface area (Å²) in [6.45, 7) is 0.991. The average molecular weight is 224 g/mol. The van der Waals surface area contributed by atoms with Crippen molar-refractivity contribution in [2.24, 2.45) is 5.73 Å². The van der Waals surface area contributed by atoms with Crippen LogP contribution in [0.5, 0.6) is 0 Å². The van der Waals surface area contributed by atoms with Gasteiger partial charge in [-0.1, -0.05) is 18.9 Å². The standard InChI is InChI=1S/C12H20N2S/c1-14(10-5-2-3-6-10)9-11(13)12-7-4-8-15-12/h4,7-8,10-11H,2-3,5-6,9,13H2,1H3. The summed E-state index contributed by atoms with van der Waals surface area (Å²) in [5.74, 6) is 0. The van der Waals surface area contributed by atoms with Crippen LogP contribution in [-0.2, 0) is 0 Å². The summed E-state index contributed by atoms with van der Waals surface area (Å²) in [6.07, 6.45) is 5.49. The van der Waals surface area contributed by atoms with Crippen LogP contribution < -0.4 is 5.73 Å². The first-order valence-electron chi connectivity index (χ1n) is 5.76. The zero-order valence-electron chi connectivity index (χ0n) is 9.36. The van der Waals surface area contributed by atoms with Gasteiger partial charge in [0.05, 0.1) is 6.04 Å². The molecular formula is C12H20N2S. The molecule has 3 heteroatoms. The van der Waals surface area contributed by atoms with Crippen LogP contribution in [0.25, 0.3) is 0 Å². The number of nitrogens with zero attached hydrogens (tertiary/aromatic N) is 1. The Kier molecular flexibility index (Phi) is 3.78. The summed E-state index contributed by atoms with van der Waals surface area (Å²) in [7, 11) is 2.21. The average Bonchev–Trinajstić information content (AvgIpc) is 2.91. The predicted octanol–water partition coefficient (Wildman–Crippen LogP) is 2.62. The summed E-state index contributed by atoms with van der Waals surface area (Å²) in [5, 5.41) is 2.10. The SMILES string of the molecule is CN(CC(N)c1cccs1)C1CCCC1. The first-order chi connectivity index (χ1) is 7.27. The Morgan fingerprint density at radius 2 is 2.27 bits per heavy atom. The Morgan fingerprint density at radius 1 is 1.53 bits per heavy atom. The molecule has 0 bridgehead atoms. The smallest absolute Gasteiger partial charge is 0.0519 e. The molecule has 1 aliphatic carbocycles. The van der Waals surface area contributed by atoms with Crippen LogP contribution in [0.2, 0.25) is 0 Å². The van der Waals surface area contributed by atoms with E-state index in [4.69, 9.17) is 5.73 Å². The van der Waals surface area contributed by atoms with E-state index in [0.717, 1.165) is 12.6 Å². The topological polar surface area (TPSA) is 29.3 Å². The fourth-order valence-electron chi connectivity index (χ4n) is 2.40. The van der Waals surface area contributed by atoms with Crippen LogP contribution in [0, 0.1) is 0 Å². The predicted molar refractivity (Wildman–Crippen MR) is 66.1 cm³/mol. The second kappa shape index (κ2) is 5.10. The number of hydrogen-bond donors (Lipinski definition) is 1. The van der Waals surface area contributed by atoms with Crippen LogP contribution in [0.3, 0.4) is 0 Å². The third-order valence-corrected chi connectivity index (χ3v) is 4.35. The highest BCUT2D eigenvalue weighted by molar-refractivity contribution is 7.10. The molecule has 1 heterocycles. The molecule has 0 radical (unpaired) electrons. The van der Waals surface area contributed by atoms with E-state index >= 15 is 0 Å². The highest BCUT2D eigenvalue weighted by Crippen LogP contribution is 2.24. The number of thiophene rings is 1. The van der Waals surface area contributed by atoms with E-state index in [1.54, 1.807) is 11.3 Å². The maximum Gasteiger partial charge on any atom is 0.0519 e. The lowest BCUT2D eigenvalue weighted by Gasteiger charge is -2.26. The Balaban J connectivity index is 1.85. The summed E-state index contributed by atoms with van der Waals surface area (Å²) in [4.78, 5) is 3.75. The largest absolute Gasteiger partial charge is 0.322 e. The van der Waals surface area contributed by atoms with Gasteiger partial charge in [0, 0.05) is 17.5 Å². The molecule has 1 saturated carbocycles. The molecule has 1 atom stereocenters. The van der Waals surface area contributed by atoms with E-state index in [-0.39, 0.29) is 6.04 Å². The van der Waals surface area contributed by atoms with Crippen LogP contribution in [0.1, 0.15) is 36.6 Å². The summed E-state index contributed by atoms with van der Waals surface area (Å²) < 4.78 is 0. The van der Waals surface area contributed by atoms with Gasteiger partial charge in [-0.25, -0.2) is 0 Å². The van der Waals surface area contributed by atoms with Crippen molar-refractivity contribution in [3.63, 3.8) is 0 Å². The minimum atomic E-state index is 0.190. The molecule has 2 rings (SSSR count). The summed E-state index contributed by atoms with van der Waals surface area (Å²) in [5.41, 5.74) is 6.18. The molecule has 0 amide bonds. The van der Waals surface area contributed by atoms with Crippen molar-refractivity contribution in [2.45, 2.75) is 37.8 Å². The third-order valence-electron chi connectivity index (χ3n) is 3.34. The Morgan fingerprint density at radius 3 is 2.87 bits per heavy atom. The van der Waals surface area contributed by atoms with Crippen molar-refractivity contribution < 1.29 is 0 Å². The van der Waals surface area contributed by atoms with E-state index in [2.05, 4.69) is 29.5 Å². The monoisotopic (exact) mass is 224 g/mol. The van der Waals surface area contributed by atoms with Crippen molar-refractivity contribution in [3.8, 4) is 0 Å². The molecule has 0 spiro atoms. The molecule has 1 aromatic heterocycles. The fraction of sp³-hybridized carbons (Fsp3) is 0.667. The van der Waals surface area contributed by atoms with Crippen molar-refractivity contribution in [2.75, 3.05) is 13.6 Å². The highest BCUT2D eigenvalue weighted by Gasteiger charge is 2.21. The van der Waals surface area contributed by atoms with Crippen molar-refractivity contribution >= 4 is 11.3 Å². The Labute approximate surface area is 96.1 Å². The molecule has 1 aliphatic rings. The van der Waals surface area contributed by atoms with Gasteiger partial charge in [0.2, 0.25) is 0 Å². The maximum atomic E-state index is 6.18. The van der Waals surface area contributed by atoms with Crippen LogP contribution in [0.4, 0.5) is 0 Å². The van der Waals surface area contributed by atoms with Crippen LogP contribution >= 0.6 is 11.3 Å². The molecule has 0 saturated heterocycles. The van der Waals surface area contributed by atoms with E-state index in [1.807, 2.05) is 0 Å². The quantitative estimate of drug-likeness (QED) is 0.852. The number of nitrogens with two attached hydrogens (primary N) is 1. The molecule has 0 aromatic carbocycles. The fourth-order valence-corrected chi connectivity index (χ4v) is 3.12. The van der Waals surface area contributed by atoms with Gasteiger partial charge in [-0.3, -0.25) is 0 Å². The molecule has 15 heavy (non-hydrogen) atoms. The molecule has 2 nitrogen and oxygen atoms in total. The van der Waals surface area contributed by atoms with Gasteiger partial charge in [0.1, 0.15) is 0 Å². The van der Waals surface area contributed by atoms with Crippen molar-refractivity contribution in [1.29, 1.82) is 0 Å². The summed E-state index contributed by atoms with van der Waals surface area (Å²) >= 11 is 1.76. The maximum absolute atomic E-state index is 6.18.